The minimum absolute atomic E-state index is 0.118. The molecular formula is C21H25N3O. The van der Waals surface area contributed by atoms with Gasteiger partial charge >= 0.3 is 0 Å². The van der Waals surface area contributed by atoms with Gasteiger partial charge in [0.25, 0.3) is 5.91 Å². The van der Waals surface area contributed by atoms with Gasteiger partial charge in [0, 0.05) is 37.9 Å². The second-order valence-electron chi connectivity index (χ2n) is 7.26. The lowest BCUT2D eigenvalue weighted by Crippen LogP contribution is -2.54. The summed E-state index contributed by atoms with van der Waals surface area (Å²) in [5, 5.41) is 0. The number of carbonyl (C=O) groups excluding carboxylic acids is 1. The Kier molecular flexibility index (Phi) is 4.30. The number of hydrogen-bond donors (Lipinski definition) is 0. The molecule has 0 spiro atoms. The quantitative estimate of drug-likeness (QED) is 0.863. The lowest BCUT2D eigenvalue weighted by molar-refractivity contribution is 0.0473. The number of benzene rings is 1. The summed E-state index contributed by atoms with van der Waals surface area (Å²) in [6, 6.07) is 13.1. The number of hydrogen-bond acceptors (Lipinski definition) is 3. The van der Waals surface area contributed by atoms with Gasteiger partial charge < -0.3 is 4.90 Å². The van der Waals surface area contributed by atoms with Crippen LogP contribution >= 0.6 is 0 Å². The van der Waals surface area contributed by atoms with Gasteiger partial charge in [-0.05, 0) is 43.9 Å². The number of pyridine rings is 1. The Hall–Kier alpha value is -2.20. The van der Waals surface area contributed by atoms with Crippen LogP contribution in [-0.4, -0.2) is 52.4 Å². The number of carbonyl (C=O) groups is 1. The summed E-state index contributed by atoms with van der Waals surface area (Å²) >= 11 is 0. The molecule has 4 nitrogen and oxygen atoms in total. The third kappa shape index (κ3) is 3.19. The Morgan fingerprint density at radius 2 is 1.88 bits per heavy atom. The highest BCUT2D eigenvalue weighted by Gasteiger charge is 2.36. The van der Waals surface area contributed by atoms with Crippen molar-refractivity contribution in [2.75, 3.05) is 19.6 Å². The van der Waals surface area contributed by atoms with Gasteiger partial charge in [-0.3, -0.25) is 14.7 Å². The van der Waals surface area contributed by atoms with Crippen LogP contribution in [0.15, 0.2) is 42.6 Å². The molecule has 1 saturated carbocycles. The number of piperazine rings is 1. The van der Waals surface area contributed by atoms with Crippen LogP contribution in [0, 0.1) is 6.92 Å². The average molecular weight is 335 g/mol. The van der Waals surface area contributed by atoms with Crippen molar-refractivity contribution in [2.24, 2.45) is 0 Å². The number of rotatable bonds is 3. The van der Waals surface area contributed by atoms with E-state index in [4.69, 9.17) is 0 Å². The summed E-state index contributed by atoms with van der Waals surface area (Å²) in [7, 11) is 0. The van der Waals surface area contributed by atoms with Crippen LogP contribution in [0.4, 0.5) is 0 Å². The lowest BCUT2D eigenvalue weighted by atomic mass is 9.97. The summed E-state index contributed by atoms with van der Waals surface area (Å²) in [6.45, 7) is 6.88. The molecule has 1 aliphatic carbocycles. The van der Waals surface area contributed by atoms with Crippen molar-refractivity contribution in [3.8, 4) is 11.1 Å². The van der Waals surface area contributed by atoms with Crippen LogP contribution in [0.5, 0.6) is 0 Å². The van der Waals surface area contributed by atoms with Crippen LogP contribution in [0.1, 0.15) is 35.8 Å². The smallest absolute Gasteiger partial charge is 0.256 e. The Morgan fingerprint density at radius 3 is 2.56 bits per heavy atom. The number of aryl methyl sites for hydroxylation is 1. The first kappa shape index (κ1) is 16.3. The highest BCUT2D eigenvalue weighted by Crippen LogP contribution is 2.31. The predicted octanol–water partition coefficient (Wildman–Crippen LogP) is 3.37. The van der Waals surface area contributed by atoms with Crippen molar-refractivity contribution < 1.29 is 4.79 Å². The fourth-order valence-electron chi connectivity index (χ4n) is 3.90. The molecule has 0 radical (unpaired) electrons. The zero-order valence-electron chi connectivity index (χ0n) is 15.0. The third-order valence-corrected chi connectivity index (χ3v) is 5.42. The topological polar surface area (TPSA) is 36.4 Å². The maximum Gasteiger partial charge on any atom is 0.256 e. The van der Waals surface area contributed by atoms with Gasteiger partial charge in [-0.25, -0.2) is 0 Å². The van der Waals surface area contributed by atoms with Gasteiger partial charge in [0.1, 0.15) is 0 Å². The van der Waals surface area contributed by atoms with E-state index in [-0.39, 0.29) is 11.9 Å². The minimum Gasteiger partial charge on any atom is -0.333 e. The Bertz CT molecular complexity index is 770. The SMILES string of the molecule is Cc1nccc(-c2ccccc2)c1C(=O)N1CCN(C2CC2)CC1C. The van der Waals surface area contributed by atoms with Crippen LogP contribution in [0.3, 0.4) is 0 Å². The average Bonchev–Trinajstić information content (AvgIpc) is 3.47. The van der Waals surface area contributed by atoms with Crippen molar-refractivity contribution in [2.45, 2.75) is 38.8 Å². The van der Waals surface area contributed by atoms with Crippen molar-refractivity contribution in [1.29, 1.82) is 0 Å². The third-order valence-electron chi connectivity index (χ3n) is 5.42. The number of nitrogens with zero attached hydrogens (tertiary/aromatic N) is 3. The molecule has 1 amide bonds. The van der Waals surface area contributed by atoms with Gasteiger partial charge in [0.2, 0.25) is 0 Å². The first-order valence-corrected chi connectivity index (χ1v) is 9.21. The van der Waals surface area contributed by atoms with E-state index in [1.807, 2.05) is 36.1 Å². The minimum atomic E-state index is 0.118. The molecule has 2 fully saturated rings. The molecule has 1 unspecified atom stereocenters. The first-order valence-electron chi connectivity index (χ1n) is 9.21. The monoisotopic (exact) mass is 335 g/mol. The molecule has 2 aromatic rings. The van der Waals surface area contributed by atoms with E-state index in [0.29, 0.717) is 0 Å². The van der Waals surface area contributed by atoms with Gasteiger partial charge in [0.15, 0.2) is 0 Å². The molecule has 25 heavy (non-hydrogen) atoms. The molecule has 0 N–H and O–H groups in total. The zero-order chi connectivity index (χ0) is 17.4. The van der Waals surface area contributed by atoms with Gasteiger partial charge in [-0.1, -0.05) is 30.3 Å². The van der Waals surface area contributed by atoms with E-state index < -0.39 is 0 Å². The summed E-state index contributed by atoms with van der Waals surface area (Å²) in [5.74, 6) is 0.118. The Balaban J connectivity index is 1.64. The number of amides is 1. The van der Waals surface area contributed by atoms with Crippen LogP contribution < -0.4 is 0 Å². The van der Waals surface area contributed by atoms with E-state index in [9.17, 15) is 4.79 Å². The molecule has 1 atom stereocenters. The van der Waals surface area contributed by atoms with E-state index >= 15 is 0 Å². The normalized spacial score (nSPS) is 21.4. The predicted molar refractivity (Wildman–Crippen MR) is 99.5 cm³/mol. The number of aromatic nitrogens is 1. The Labute approximate surface area is 149 Å². The van der Waals surface area contributed by atoms with E-state index in [2.05, 4.69) is 28.9 Å². The highest BCUT2D eigenvalue weighted by molar-refractivity contribution is 6.02. The lowest BCUT2D eigenvalue weighted by Gasteiger charge is -2.40. The fourth-order valence-corrected chi connectivity index (χ4v) is 3.90. The molecule has 1 saturated heterocycles. The van der Waals surface area contributed by atoms with Crippen LogP contribution in [-0.2, 0) is 0 Å². The maximum atomic E-state index is 13.4. The molecule has 2 aliphatic rings. The zero-order valence-corrected chi connectivity index (χ0v) is 15.0. The fraction of sp³-hybridized carbons (Fsp3) is 0.429. The van der Waals surface area contributed by atoms with Crippen LogP contribution in [0.2, 0.25) is 0 Å². The summed E-state index contributed by atoms with van der Waals surface area (Å²) in [6.07, 6.45) is 4.43. The standard InChI is InChI=1S/C21H25N3O/c1-15-14-23(18-8-9-18)12-13-24(15)21(25)20-16(2)22-11-10-19(20)17-6-4-3-5-7-17/h3-7,10-11,15,18H,8-9,12-14H2,1-2H3. The van der Waals surface area contributed by atoms with Crippen molar-refractivity contribution in [3.05, 3.63) is 53.9 Å². The van der Waals surface area contributed by atoms with Crippen LogP contribution in [0.25, 0.3) is 11.1 Å². The molecule has 1 aromatic heterocycles. The Morgan fingerprint density at radius 1 is 1.12 bits per heavy atom. The summed E-state index contributed by atoms with van der Waals surface area (Å²) < 4.78 is 0. The van der Waals surface area contributed by atoms with E-state index in [0.717, 1.165) is 48.1 Å². The molecule has 1 aliphatic heterocycles. The van der Waals surface area contributed by atoms with Crippen molar-refractivity contribution in [1.82, 2.24) is 14.8 Å². The van der Waals surface area contributed by atoms with Gasteiger partial charge in [-0.2, -0.15) is 0 Å². The van der Waals surface area contributed by atoms with Crippen molar-refractivity contribution in [3.63, 3.8) is 0 Å². The summed E-state index contributed by atoms with van der Waals surface area (Å²) in [5.41, 5.74) is 3.61. The van der Waals surface area contributed by atoms with Crippen molar-refractivity contribution >= 4 is 5.91 Å². The van der Waals surface area contributed by atoms with Gasteiger partial charge in [0.05, 0.1) is 11.3 Å². The second-order valence-corrected chi connectivity index (χ2v) is 7.26. The summed E-state index contributed by atoms with van der Waals surface area (Å²) in [4.78, 5) is 22.4. The highest BCUT2D eigenvalue weighted by atomic mass is 16.2. The second kappa shape index (κ2) is 6.60. The first-order chi connectivity index (χ1) is 12.1. The molecule has 0 bridgehead atoms. The molecule has 1 aromatic carbocycles. The van der Waals surface area contributed by atoms with E-state index in [1.165, 1.54) is 12.8 Å². The van der Waals surface area contributed by atoms with E-state index in [1.54, 1.807) is 6.20 Å². The molecular weight excluding hydrogens is 310 g/mol. The molecule has 4 rings (SSSR count). The maximum absolute atomic E-state index is 13.4. The molecule has 130 valence electrons. The molecule has 2 heterocycles. The van der Waals surface area contributed by atoms with Gasteiger partial charge in [-0.15, -0.1) is 0 Å². The molecule has 4 heteroatoms. The largest absolute Gasteiger partial charge is 0.333 e.